The number of pyridine rings is 1. The van der Waals surface area contributed by atoms with E-state index in [0.717, 1.165) is 26.8 Å². The van der Waals surface area contributed by atoms with Crippen LogP contribution in [0.1, 0.15) is 29.1 Å². The fraction of sp³-hybridized carbons (Fsp3) is 0.222. The Bertz CT molecular complexity index is 832. The van der Waals surface area contributed by atoms with Crippen LogP contribution in [-0.2, 0) is 17.8 Å². The molecule has 0 bridgehead atoms. The van der Waals surface area contributed by atoms with E-state index in [-0.39, 0.29) is 11.9 Å². The lowest BCUT2D eigenvalue weighted by Gasteiger charge is -2.15. The van der Waals surface area contributed by atoms with Crippen LogP contribution in [-0.4, -0.2) is 21.1 Å². The van der Waals surface area contributed by atoms with E-state index in [9.17, 15) is 4.79 Å². The fourth-order valence-corrected chi connectivity index (χ4v) is 3.33. The first-order valence-corrected chi connectivity index (χ1v) is 8.77. The third-order valence-corrected chi connectivity index (χ3v) is 4.76. The van der Waals surface area contributed by atoms with Crippen LogP contribution in [0.4, 0.5) is 0 Å². The summed E-state index contributed by atoms with van der Waals surface area (Å²) < 4.78 is 0. The van der Waals surface area contributed by atoms with E-state index in [1.54, 1.807) is 6.20 Å². The number of carbonyl (C=O) groups excluding carboxylic acids is 1. The summed E-state index contributed by atoms with van der Waals surface area (Å²) in [5, 5.41) is 13.0. The smallest absolute Gasteiger partial charge is 0.217 e. The highest BCUT2D eigenvalue weighted by molar-refractivity contribution is 7.14. The topological polar surface area (TPSA) is 93.8 Å². The zero-order chi connectivity index (χ0) is 17.6. The van der Waals surface area contributed by atoms with Crippen LogP contribution < -0.4 is 11.1 Å². The number of carbonyl (C=O) groups is 1. The van der Waals surface area contributed by atoms with Crippen LogP contribution in [0.5, 0.6) is 0 Å². The third-order valence-electron chi connectivity index (χ3n) is 3.70. The predicted molar refractivity (Wildman–Crippen MR) is 97.7 cm³/mol. The maximum Gasteiger partial charge on any atom is 0.217 e. The van der Waals surface area contributed by atoms with E-state index in [2.05, 4.69) is 20.5 Å². The summed E-state index contributed by atoms with van der Waals surface area (Å²) in [6.07, 6.45) is 2.36. The molecule has 1 amide bonds. The largest absolute Gasteiger partial charge is 0.347 e. The van der Waals surface area contributed by atoms with Crippen molar-refractivity contribution in [2.45, 2.75) is 25.9 Å². The summed E-state index contributed by atoms with van der Waals surface area (Å²) in [5.74, 6) is -0.0989. The summed E-state index contributed by atoms with van der Waals surface area (Å²) in [7, 11) is 0. The summed E-state index contributed by atoms with van der Waals surface area (Å²) in [6.45, 7) is 2.02. The summed E-state index contributed by atoms with van der Waals surface area (Å²) in [6, 6.07) is 13.5. The lowest BCUT2D eigenvalue weighted by atomic mass is 10.0. The van der Waals surface area contributed by atoms with E-state index in [0.29, 0.717) is 13.0 Å². The number of hydrogen-bond donors (Lipinski definition) is 2. The molecule has 7 heteroatoms. The van der Waals surface area contributed by atoms with Gasteiger partial charge in [0.15, 0.2) is 5.01 Å². The molecule has 3 rings (SSSR count). The molecular formula is C18H19N5OS. The molecule has 3 N–H and O–H groups in total. The van der Waals surface area contributed by atoms with Gasteiger partial charge in [-0.15, -0.1) is 10.2 Å². The first-order valence-electron chi connectivity index (χ1n) is 7.95. The molecule has 0 radical (unpaired) electrons. The minimum atomic E-state index is -0.226. The lowest BCUT2D eigenvalue weighted by molar-refractivity contribution is -0.119. The molecule has 1 unspecified atom stereocenters. The van der Waals surface area contributed by atoms with Crippen molar-refractivity contribution in [3.63, 3.8) is 0 Å². The number of benzene rings is 1. The molecule has 0 aliphatic carbocycles. The van der Waals surface area contributed by atoms with Gasteiger partial charge in [-0.2, -0.15) is 0 Å². The van der Waals surface area contributed by atoms with Gasteiger partial charge in [-0.25, -0.2) is 0 Å². The molecule has 0 saturated carbocycles. The minimum Gasteiger partial charge on any atom is -0.347 e. The van der Waals surface area contributed by atoms with Gasteiger partial charge in [-0.1, -0.05) is 41.7 Å². The van der Waals surface area contributed by atoms with Gasteiger partial charge in [0.1, 0.15) is 10.7 Å². The third kappa shape index (κ3) is 4.46. The van der Waals surface area contributed by atoms with Crippen molar-refractivity contribution in [2.75, 3.05) is 0 Å². The monoisotopic (exact) mass is 353 g/mol. The number of nitrogens with one attached hydrogen (secondary N) is 1. The normalized spacial score (nSPS) is 11.9. The van der Waals surface area contributed by atoms with Crippen molar-refractivity contribution in [1.29, 1.82) is 0 Å². The van der Waals surface area contributed by atoms with Crippen LogP contribution in [0.25, 0.3) is 10.7 Å². The Labute approximate surface area is 150 Å². The number of nitrogens with two attached hydrogens (primary N) is 1. The summed E-state index contributed by atoms with van der Waals surface area (Å²) in [4.78, 5) is 15.9. The molecule has 0 aliphatic rings. The molecule has 0 spiro atoms. The van der Waals surface area contributed by atoms with Crippen molar-refractivity contribution in [2.24, 2.45) is 5.73 Å². The van der Waals surface area contributed by atoms with Crippen molar-refractivity contribution in [1.82, 2.24) is 20.5 Å². The molecule has 2 heterocycles. The second-order valence-corrected chi connectivity index (χ2v) is 6.65. The van der Waals surface area contributed by atoms with Gasteiger partial charge in [0, 0.05) is 19.7 Å². The Morgan fingerprint density at radius 1 is 1.16 bits per heavy atom. The van der Waals surface area contributed by atoms with Crippen molar-refractivity contribution >= 4 is 17.2 Å². The predicted octanol–water partition coefficient (Wildman–Crippen LogP) is 2.48. The molecule has 0 aliphatic heterocycles. The highest BCUT2D eigenvalue weighted by Crippen LogP contribution is 2.27. The molecule has 6 nitrogen and oxygen atoms in total. The maximum absolute atomic E-state index is 11.6. The second-order valence-electron chi connectivity index (χ2n) is 5.64. The van der Waals surface area contributed by atoms with Crippen molar-refractivity contribution in [3.05, 3.63) is 64.8 Å². The molecular weight excluding hydrogens is 334 g/mol. The number of aromatic nitrogens is 3. The van der Waals surface area contributed by atoms with Gasteiger partial charge < -0.3 is 11.1 Å². The average Bonchev–Trinajstić information content (AvgIpc) is 3.12. The molecule has 2 aromatic heterocycles. The van der Waals surface area contributed by atoms with E-state index in [4.69, 9.17) is 5.73 Å². The fourth-order valence-electron chi connectivity index (χ4n) is 2.46. The molecule has 3 aromatic rings. The quantitative estimate of drug-likeness (QED) is 0.710. The molecule has 25 heavy (non-hydrogen) atoms. The highest BCUT2D eigenvalue weighted by Gasteiger charge is 2.19. The molecule has 1 aromatic carbocycles. The van der Waals surface area contributed by atoms with Crippen molar-refractivity contribution in [3.8, 4) is 10.7 Å². The van der Waals surface area contributed by atoms with Crippen LogP contribution in [0, 0.1) is 0 Å². The van der Waals surface area contributed by atoms with Gasteiger partial charge in [0.2, 0.25) is 5.91 Å². The van der Waals surface area contributed by atoms with Gasteiger partial charge in [-0.3, -0.25) is 9.78 Å². The SMILES string of the molecule is CC(=O)NC(Cc1ccc(CN)cc1)c1nnc(-c2ccccn2)s1. The van der Waals surface area contributed by atoms with E-state index in [1.165, 1.54) is 18.3 Å². The Kier molecular flexibility index (Phi) is 5.47. The Morgan fingerprint density at radius 2 is 1.92 bits per heavy atom. The Morgan fingerprint density at radius 3 is 2.56 bits per heavy atom. The van der Waals surface area contributed by atoms with Gasteiger partial charge in [0.05, 0.1) is 6.04 Å². The van der Waals surface area contributed by atoms with Gasteiger partial charge in [-0.05, 0) is 29.7 Å². The lowest BCUT2D eigenvalue weighted by Crippen LogP contribution is -2.27. The van der Waals surface area contributed by atoms with Crippen molar-refractivity contribution < 1.29 is 4.79 Å². The average molecular weight is 353 g/mol. The maximum atomic E-state index is 11.6. The van der Waals surface area contributed by atoms with E-state index in [1.807, 2.05) is 42.5 Å². The zero-order valence-electron chi connectivity index (χ0n) is 13.8. The standard InChI is InChI=1S/C18H19N5OS/c1-12(24)21-16(10-13-5-7-14(11-19)8-6-13)18-23-22-17(25-18)15-4-2-3-9-20-15/h2-9,16H,10-11,19H2,1H3,(H,21,24). The zero-order valence-corrected chi connectivity index (χ0v) is 14.7. The Balaban J connectivity index is 1.83. The first kappa shape index (κ1) is 17.2. The molecule has 0 fully saturated rings. The molecule has 0 saturated heterocycles. The highest BCUT2D eigenvalue weighted by atomic mass is 32.1. The Hall–Kier alpha value is -2.64. The van der Waals surface area contributed by atoms with Gasteiger partial charge in [0.25, 0.3) is 0 Å². The summed E-state index contributed by atoms with van der Waals surface area (Å²) in [5.41, 5.74) is 8.59. The molecule has 128 valence electrons. The van der Waals surface area contributed by atoms with Crippen LogP contribution in [0.15, 0.2) is 48.7 Å². The summed E-state index contributed by atoms with van der Waals surface area (Å²) >= 11 is 1.44. The van der Waals surface area contributed by atoms with Crippen LogP contribution in [0.2, 0.25) is 0 Å². The second kappa shape index (κ2) is 7.96. The number of nitrogens with zero attached hydrogens (tertiary/aromatic N) is 3. The van der Waals surface area contributed by atoms with E-state index < -0.39 is 0 Å². The minimum absolute atomic E-state index is 0.0989. The number of hydrogen-bond acceptors (Lipinski definition) is 6. The molecule has 1 atom stereocenters. The number of amides is 1. The van der Waals surface area contributed by atoms with Crippen LogP contribution in [0.3, 0.4) is 0 Å². The number of rotatable bonds is 6. The van der Waals surface area contributed by atoms with Gasteiger partial charge >= 0.3 is 0 Å². The first-order chi connectivity index (χ1) is 12.2. The van der Waals surface area contributed by atoms with E-state index >= 15 is 0 Å². The van der Waals surface area contributed by atoms with Crippen LogP contribution >= 0.6 is 11.3 Å².